The topological polar surface area (TPSA) is 55.4 Å². The van der Waals surface area contributed by atoms with Crippen molar-refractivity contribution in [2.75, 3.05) is 0 Å². The van der Waals surface area contributed by atoms with Crippen LogP contribution in [0.3, 0.4) is 0 Å². The maximum atomic E-state index is 14.8. The lowest BCUT2D eigenvalue weighted by molar-refractivity contribution is 0.00578. The molecule has 1 aliphatic heterocycles. The van der Waals surface area contributed by atoms with Gasteiger partial charge in [-0.15, -0.1) is 0 Å². The second-order valence-corrected chi connectivity index (χ2v) is 7.33. The first kappa shape index (κ1) is 16.1. The summed E-state index contributed by atoms with van der Waals surface area (Å²) in [4.78, 5) is 0. The molecule has 0 radical (unpaired) electrons. The van der Waals surface area contributed by atoms with Gasteiger partial charge in [0.2, 0.25) is 0 Å². The van der Waals surface area contributed by atoms with Crippen molar-refractivity contribution in [3.63, 3.8) is 0 Å². The molecule has 0 N–H and O–H groups in total. The molecule has 4 nitrogen and oxygen atoms in total. The van der Waals surface area contributed by atoms with Gasteiger partial charge < -0.3 is 13.7 Å². The third kappa shape index (κ3) is 2.20. The van der Waals surface area contributed by atoms with Crippen LogP contribution in [0.4, 0.5) is 4.39 Å². The van der Waals surface area contributed by atoms with Gasteiger partial charge in [0.25, 0.3) is 0 Å². The highest BCUT2D eigenvalue weighted by molar-refractivity contribution is 6.65. The summed E-state index contributed by atoms with van der Waals surface area (Å²) in [7, 11) is -0.735. The molecule has 0 spiro atoms. The summed E-state index contributed by atoms with van der Waals surface area (Å²) in [6, 6.07) is 10.6. The Labute approximate surface area is 145 Å². The lowest BCUT2D eigenvalue weighted by atomic mass is 9.77. The molecule has 1 aliphatic rings. The maximum Gasteiger partial charge on any atom is 0.498 e. The zero-order valence-corrected chi connectivity index (χ0v) is 14.5. The molecule has 6 heteroatoms. The van der Waals surface area contributed by atoms with E-state index in [-0.39, 0.29) is 5.56 Å². The monoisotopic (exact) mass is 337 g/mol. The standard InChI is InChI=1S/C19H17BFNO3/c1-18(2)19(3,4)25-20(24-18)13-9-11(10-22)16(21)15-12-7-5-6-8-14(12)23-17(13)15/h5-9H,1-4H3. The van der Waals surface area contributed by atoms with E-state index in [9.17, 15) is 9.65 Å². The normalized spacial score (nSPS) is 18.8. The minimum absolute atomic E-state index is 0.0521. The van der Waals surface area contributed by atoms with Crippen molar-refractivity contribution in [3.8, 4) is 6.07 Å². The van der Waals surface area contributed by atoms with Crippen LogP contribution >= 0.6 is 0 Å². The zero-order chi connectivity index (χ0) is 18.0. The Balaban J connectivity index is 2.02. The van der Waals surface area contributed by atoms with E-state index in [0.717, 1.165) is 0 Å². The highest BCUT2D eigenvalue weighted by Gasteiger charge is 2.52. The average Bonchev–Trinajstić information content (AvgIpc) is 3.03. The number of halogens is 1. The first-order valence-electron chi connectivity index (χ1n) is 8.14. The van der Waals surface area contributed by atoms with Gasteiger partial charge in [0, 0.05) is 10.8 Å². The zero-order valence-electron chi connectivity index (χ0n) is 14.5. The third-order valence-electron chi connectivity index (χ3n) is 5.24. The van der Waals surface area contributed by atoms with Gasteiger partial charge in [-0.2, -0.15) is 5.26 Å². The van der Waals surface area contributed by atoms with Crippen molar-refractivity contribution < 1.29 is 18.1 Å². The molecular formula is C19H17BFNO3. The van der Waals surface area contributed by atoms with Crippen LogP contribution in [0.15, 0.2) is 34.7 Å². The smallest absolute Gasteiger partial charge is 0.456 e. The Morgan fingerprint density at radius 3 is 2.36 bits per heavy atom. The minimum Gasteiger partial charge on any atom is -0.456 e. The van der Waals surface area contributed by atoms with Crippen molar-refractivity contribution >= 4 is 34.5 Å². The SMILES string of the molecule is CC1(C)OB(c2cc(C#N)c(F)c3c2oc2ccccc23)OC1(C)C. The number of nitrogens with zero attached hydrogens (tertiary/aromatic N) is 1. The first-order valence-corrected chi connectivity index (χ1v) is 8.14. The lowest BCUT2D eigenvalue weighted by Gasteiger charge is -2.32. The second kappa shape index (κ2) is 5.07. The summed E-state index contributed by atoms with van der Waals surface area (Å²) in [5.41, 5.74) is 0.306. The van der Waals surface area contributed by atoms with E-state index in [4.69, 9.17) is 13.7 Å². The van der Waals surface area contributed by atoms with Gasteiger partial charge in [-0.05, 0) is 39.8 Å². The fourth-order valence-electron chi connectivity index (χ4n) is 3.11. The molecule has 2 aromatic carbocycles. The van der Waals surface area contributed by atoms with Crippen LogP contribution in [0.5, 0.6) is 0 Å². The number of fused-ring (bicyclic) bond motifs is 3. The predicted molar refractivity (Wildman–Crippen MR) is 94.1 cm³/mol. The fraction of sp³-hybridized carbons (Fsp3) is 0.316. The first-order chi connectivity index (χ1) is 11.7. The Morgan fingerprint density at radius 2 is 1.72 bits per heavy atom. The summed E-state index contributed by atoms with van der Waals surface area (Å²) in [6.45, 7) is 7.77. The number of hydrogen-bond acceptors (Lipinski definition) is 4. The molecule has 126 valence electrons. The van der Waals surface area contributed by atoms with Crippen LogP contribution in [0, 0.1) is 17.1 Å². The van der Waals surface area contributed by atoms with E-state index in [2.05, 4.69) is 0 Å². The van der Waals surface area contributed by atoms with Crippen molar-refractivity contribution in [2.45, 2.75) is 38.9 Å². The summed E-state index contributed by atoms with van der Waals surface area (Å²) in [5.74, 6) is -0.581. The summed E-state index contributed by atoms with van der Waals surface area (Å²) >= 11 is 0. The van der Waals surface area contributed by atoms with Gasteiger partial charge in [0.15, 0.2) is 5.82 Å². The van der Waals surface area contributed by atoms with E-state index in [1.54, 1.807) is 12.1 Å². The molecule has 2 heterocycles. The second-order valence-electron chi connectivity index (χ2n) is 7.33. The largest absolute Gasteiger partial charge is 0.498 e. The van der Waals surface area contributed by atoms with Crippen LogP contribution in [-0.4, -0.2) is 18.3 Å². The Hall–Kier alpha value is -2.36. The molecule has 1 aromatic heterocycles. The number of hydrogen-bond donors (Lipinski definition) is 0. The van der Waals surface area contributed by atoms with Crippen molar-refractivity contribution in [3.05, 3.63) is 41.7 Å². The van der Waals surface area contributed by atoms with Gasteiger partial charge in [0.1, 0.15) is 17.2 Å². The van der Waals surface area contributed by atoms with E-state index in [0.29, 0.717) is 27.4 Å². The Kier molecular flexibility index (Phi) is 3.27. The number of nitriles is 1. The quantitative estimate of drug-likeness (QED) is 0.632. The molecule has 4 rings (SSSR count). The van der Waals surface area contributed by atoms with E-state index < -0.39 is 24.1 Å². The minimum atomic E-state index is -0.735. The van der Waals surface area contributed by atoms with E-state index >= 15 is 0 Å². The number of benzene rings is 2. The Bertz CT molecular complexity index is 1030. The Morgan fingerprint density at radius 1 is 1.08 bits per heavy atom. The molecule has 25 heavy (non-hydrogen) atoms. The van der Waals surface area contributed by atoms with Crippen LogP contribution in [0.25, 0.3) is 21.9 Å². The molecule has 1 fully saturated rings. The number of rotatable bonds is 1. The van der Waals surface area contributed by atoms with Crippen LogP contribution in [-0.2, 0) is 9.31 Å². The summed E-state index contributed by atoms with van der Waals surface area (Å²) in [5, 5.41) is 10.3. The van der Waals surface area contributed by atoms with Crippen LogP contribution in [0.1, 0.15) is 33.3 Å². The third-order valence-corrected chi connectivity index (χ3v) is 5.24. The molecule has 1 saturated heterocycles. The molecule has 0 amide bonds. The molecular weight excluding hydrogens is 320 g/mol. The van der Waals surface area contributed by atoms with Gasteiger partial charge in [0.05, 0.1) is 22.2 Å². The van der Waals surface area contributed by atoms with Crippen molar-refractivity contribution in [1.29, 1.82) is 5.26 Å². The number of para-hydroxylation sites is 1. The van der Waals surface area contributed by atoms with Gasteiger partial charge in [-0.25, -0.2) is 4.39 Å². The van der Waals surface area contributed by atoms with E-state index in [1.807, 2.05) is 45.9 Å². The van der Waals surface area contributed by atoms with Gasteiger partial charge in [-0.3, -0.25) is 0 Å². The van der Waals surface area contributed by atoms with Gasteiger partial charge >= 0.3 is 7.12 Å². The van der Waals surface area contributed by atoms with Crippen LogP contribution in [0.2, 0.25) is 0 Å². The van der Waals surface area contributed by atoms with Crippen LogP contribution < -0.4 is 5.46 Å². The molecule has 0 atom stereocenters. The van der Waals surface area contributed by atoms with Crippen molar-refractivity contribution in [2.24, 2.45) is 0 Å². The summed E-state index contributed by atoms with van der Waals surface area (Å²) in [6.07, 6.45) is 0. The highest BCUT2D eigenvalue weighted by Crippen LogP contribution is 2.38. The maximum absolute atomic E-state index is 14.8. The highest BCUT2D eigenvalue weighted by atomic mass is 19.1. The number of furan rings is 1. The van der Waals surface area contributed by atoms with E-state index in [1.165, 1.54) is 6.07 Å². The average molecular weight is 337 g/mol. The van der Waals surface area contributed by atoms with Crippen molar-refractivity contribution in [1.82, 2.24) is 0 Å². The molecule has 0 aliphatic carbocycles. The lowest BCUT2D eigenvalue weighted by Crippen LogP contribution is -2.41. The molecule has 0 saturated carbocycles. The predicted octanol–water partition coefficient (Wildman–Crippen LogP) is 3.90. The van der Waals surface area contributed by atoms with Gasteiger partial charge in [-0.1, -0.05) is 18.2 Å². The fourth-order valence-corrected chi connectivity index (χ4v) is 3.11. The molecule has 3 aromatic rings. The summed E-state index contributed by atoms with van der Waals surface area (Å²) < 4.78 is 32.9. The molecule has 0 unspecified atom stereocenters. The molecule has 0 bridgehead atoms.